The van der Waals surface area contributed by atoms with E-state index < -0.39 is 0 Å². The van der Waals surface area contributed by atoms with Gasteiger partial charge in [-0.3, -0.25) is 4.79 Å². The van der Waals surface area contributed by atoms with Crippen LogP contribution in [0.25, 0.3) is 0 Å². The third-order valence-electron chi connectivity index (χ3n) is 4.31. The Bertz CT molecular complexity index is 639. The van der Waals surface area contributed by atoms with Crippen LogP contribution in [0.3, 0.4) is 0 Å². The summed E-state index contributed by atoms with van der Waals surface area (Å²) in [5.74, 6) is 0.0555. The van der Waals surface area contributed by atoms with Gasteiger partial charge < -0.3 is 15.5 Å². The van der Waals surface area contributed by atoms with Crippen LogP contribution in [0.15, 0.2) is 54.6 Å². The van der Waals surface area contributed by atoms with Gasteiger partial charge in [-0.15, -0.1) is 0 Å². The Hall–Kier alpha value is -2.49. The quantitative estimate of drug-likeness (QED) is 0.886. The van der Waals surface area contributed by atoms with Crippen molar-refractivity contribution in [3.8, 4) is 0 Å². The lowest BCUT2D eigenvalue weighted by Gasteiger charge is -2.25. The molecule has 114 valence electrons. The molecule has 1 aliphatic rings. The lowest BCUT2D eigenvalue weighted by Crippen LogP contribution is -2.39. The molecule has 0 radical (unpaired) electrons. The molecule has 4 heteroatoms. The fraction of sp³-hybridized carbons (Fsp3) is 0.278. The summed E-state index contributed by atoms with van der Waals surface area (Å²) in [7, 11) is 1.89. The SMILES string of the molecule is CN(C(=O)c1ccc(N)cc1)C1CCN(c2ccccc2)C1. The molecule has 2 aromatic carbocycles. The number of hydrogen-bond donors (Lipinski definition) is 1. The Morgan fingerprint density at radius 2 is 1.82 bits per heavy atom. The molecule has 2 aromatic rings. The number of carbonyl (C=O) groups is 1. The van der Waals surface area contributed by atoms with Crippen LogP contribution in [0.2, 0.25) is 0 Å². The molecule has 22 heavy (non-hydrogen) atoms. The molecule has 1 unspecified atom stereocenters. The number of hydrogen-bond acceptors (Lipinski definition) is 3. The van der Waals surface area contributed by atoms with Crippen molar-refractivity contribution in [2.24, 2.45) is 0 Å². The largest absolute Gasteiger partial charge is 0.399 e. The number of carbonyl (C=O) groups excluding carboxylic acids is 1. The summed E-state index contributed by atoms with van der Waals surface area (Å²) in [6.07, 6.45) is 0.992. The smallest absolute Gasteiger partial charge is 0.253 e. The highest BCUT2D eigenvalue weighted by atomic mass is 16.2. The summed E-state index contributed by atoms with van der Waals surface area (Å²) in [5, 5.41) is 0. The standard InChI is InChI=1S/C18H21N3O/c1-20(18(22)14-7-9-15(19)10-8-14)17-11-12-21(13-17)16-5-3-2-4-6-16/h2-10,17H,11-13,19H2,1H3. The summed E-state index contributed by atoms with van der Waals surface area (Å²) in [4.78, 5) is 16.7. The molecule has 0 aliphatic carbocycles. The van der Waals surface area contributed by atoms with Crippen molar-refractivity contribution in [1.29, 1.82) is 0 Å². The van der Waals surface area contributed by atoms with Gasteiger partial charge in [0.1, 0.15) is 0 Å². The maximum atomic E-state index is 12.6. The second-order valence-corrected chi connectivity index (χ2v) is 5.76. The number of anilines is 2. The fourth-order valence-electron chi connectivity index (χ4n) is 2.93. The van der Waals surface area contributed by atoms with E-state index in [-0.39, 0.29) is 11.9 Å². The number of nitrogen functional groups attached to an aromatic ring is 1. The van der Waals surface area contributed by atoms with Crippen molar-refractivity contribution < 1.29 is 4.79 Å². The van der Waals surface area contributed by atoms with Gasteiger partial charge in [0.05, 0.1) is 6.04 Å². The molecule has 2 N–H and O–H groups in total. The lowest BCUT2D eigenvalue weighted by atomic mass is 10.1. The number of nitrogens with two attached hydrogens (primary N) is 1. The van der Waals surface area contributed by atoms with E-state index in [2.05, 4.69) is 17.0 Å². The minimum atomic E-state index is 0.0555. The second-order valence-electron chi connectivity index (χ2n) is 5.76. The zero-order valence-corrected chi connectivity index (χ0v) is 12.8. The lowest BCUT2D eigenvalue weighted by molar-refractivity contribution is 0.0745. The van der Waals surface area contributed by atoms with E-state index in [1.807, 2.05) is 30.1 Å². The summed E-state index contributed by atoms with van der Waals surface area (Å²) < 4.78 is 0. The Balaban J connectivity index is 1.67. The number of amides is 1. The molecule has 1 atom stereocenters. The van der Waals surface area contributed by atoms with Gasteiger partial charge in [0.2, 0.25) is 0 Å². The Morgan fingerprint density at radius 3 is 2.50 bits per heavy atom. The highest BCUT2D eigenvalue weighted by molar-refractivity contribution is 5.94. The first-order valence-electron chi connectivity index (χ1n) is 7.58. The predicted molar refractivity (Wildman–Crippen MR) is 90.0 cm³/mol. The van der Waals surface area contributed by atoms with E-state index in [1.54, 1.807) is 24.3 Å². The van der Waals surface area contributed by atoms with Crippen molar-refractivity contribution >= 4 is 17.3 Å². The highest BCUT2D eigenvalue weighted by Crippen LogP contribution is 2.23. The van der Waals surface area contributed by atoms with Gasteiger partial charge in [-0.2, -0.15) is 0 Å². The summed E-state index contributed by atoms with van der Waals surface area (Å²) in [6.45, 7) is 1.86. The molecule has 0 aromatic heterocycles. The van der Waals surface area contributed by atoms with E-state index in [0.29, 0.717) is 11.3 Å². The maximum Gasteiger partial charge on any atom is 0.253 e. The molecule has 3 rings (SSSR count). The van der Waals surface area contributed by atoms with Crippen molar-refractivity contribution in [3.63, 3.8) is 0 Å². The van der Waals surface area contributed by atoms with Gasteiger partial charge in [0.15, 0.2) is 0 Å². The molecule has 1 aliphatic heterocycles. The highest BCUT2D eigenvalue weighted by Gasteiger charge is 2.28. The van der Waals surface area contributed by atoms with Gasteiger partial charge >= 0.3 is 0 Å². The van der Waals surface area contributed by atoms with E-state index in [9.17, 15) is 4.79 Å². The molecule has 0 bridgehead atoms. The van der Waals surface area contributed by atoms with E-state index in [1.165, 1.54) is 5.69 Å². The van der Waals surface area contributed by atoms with Crippen molar-refractivity contribution in [2.45, 2.75) is 12.5 Å². The van der Waals surface area contributed by atoms with Crippen LogP contribution >= 0.6 is 0 Å². The monoisotopic (exact) mass is 295 g/mol. The molecule has 1 amide bonds. The van der Waals surface area contributed by atoms with Crippen LogP contribution in [0, 0.1) is 0 Å². The molecule has 4 nitrogen and oxygen atoms in total. The van der Waals surface area contributed by atoms with Gasteiger partial charge in [-0.25, -0.2) is 0 Å². The summed E-state index contributed by atoms with van der Waals surface area (Å²) >= 11 is 0. The van der Waals surface area contributed by atoms with E-state index in [0.717, 1.165) is 19.5 Å². The summed E-state index contributed by atoms with van der Waals surface area (Å²) in [6, 6.07) is 17.7. The molecule has 1 heterocycles. The number of para-hydroxylation sites is 1. The Morgan fingerprint density at radius 1 is 1.14 bits per heavy atom. The Kier molecular flexibility index (Phi) is 4.00. The van der Waals surface area contributed by atoms with Crippen LogP contribution < -0.4 is 10.6 Å². The maximum absolute atomic E-state index is 12.6. The molecule has 1 fully saturated rings. The van der Waals surface area contributed by atoms with Gasteiger partial charge in [-0.1, -0.05) is 18.2 Å². The third kappa shape index (κ3) is 2.91. The number of rotatable bonds is 3. The Labute approximate surface area is 131 Å². The zero-order valence-electron chi connectivity index (χ0n) is 12.8. The zero-order chi connectivity index (χ0) is 15.5. The number of benzene rings is 2. The van der Waals surface area contributed by atoms with E-state index in [4.69, 9.17) is 5.73 Å². The number of nitrogens with zero attached hydrogens (tertiary/aromatic N) is 2. The average molecular weight is 295 g/mol. The van der Waals surface area contributed by atoms with Gasteiger partial charge in [0, 0.05) is 37.1 Å². The topological polar surface area (TPSA) is 49.6 Å². The van der Waals surface area contributed by atoms with Gasteiger partial charge in [0.25, 0.3) is 5.91 Å². The van der Waals surface area contributed by atoms with E-state index >= 15 is 0 Å². The number of likely N-dealkylation sites (N-methyl/N-ethyl adjacent to an activating group) is 1. The van der Waals surface area contributed by atoms with Crippen LogP contribution in [-0.2, 0) is 0 Å². The van der Waals surface area contributed by atoms with Crippen LogP contribution in [0.1, 0.15) is 16.8 Å². The third-order valence-corrected chi connectivity index (χ3v) is 4.31. The molecular formula is C18H21N3O. The van der Waals surface area contributed by atoms with Gasteiger partial charge in [-0.05, 0) is 42.8 Å². The van der Waals surface area contributed by atoms with Crippen LogP contribution in [-0.4, -0.2) is 37.0 Å². The first kappa shape index (κ1) is 14.4. The van der Waals surface area contributed by atoms with Crippen molar-refractivity contribution in [1.82, 2.24) is 4.90 Å². The minimum absolute atomic E-state index is 0.0555. The summed E-state index contributed by atoms with van der Waals surface area (Å²) in [5.41, 5.74) is 8.26. The predicted octanol–water partition coefficient (Wildman–Crippen LogP) is 2.62. The normalized spacial score (nSPS) is 17.5. The molecule has 0 saturated carbocycles. The first-order chi connectivity index (χ1) is 10.6. The molecule has 1 saturated heterocycles. The van der Waals surface area contributed by atoms with Crippen molar-refractivity contribution in [2.75, 3.05) is 30.8 Å². The molecular weight excluding hydrogens is 274 g/mol. The van der Waals surface area contributed by atoms with Crippen LogP contribution in [0.4, 0.5) is 11.4 Å². The van der Waals surface area contributed by atoms with Crippen molar-refractivity contribution in [3.05, 3.63) is 60.2 Å². The minimum Gasteiger partial charge on any atom is -0.399 e. The fourth-order valence-corrected chi connectivity index (χ4v) is 2.93. The second kappa shape index (κ2) is 6.10. The average Bonchev–Trinajstić information content (AvgIpc) is 3.05. The first-order valence-corrected chi connectivity index (χ1v) is 7.58. The van der Waals surface area contributed by atoms with Crippen LogP contribution in [0.5, 0.6) is 0 Å². The molecule has 0 spiro atoms.